The molecule has 1 fully saturated rings. The van der Waals surface area contributed by atoms with Gasteiger partial charge in [-0.3, -0.25) is 4.79 Å². The highest BCUT2D eigenvalue weighted by atomic mass is 16.4. The van der Waals surface area contributed by atoms with Gasteiger partial charge >= 0.3 is 12.0 Å². The van der Waals surface area contributed by atoms with E-state index in [1.807, 2.05) is 0 Å². The lowest BCUT2D eigenvalue weighted by Crippen LogP contribution is -2.47. The van der Waals surface area contributed by atoms with Crippen LogP contribution in [0.1, 0.15) is 19.8 Å². The molecule has 0 radical (unpaired) electrons. The van der Waals surface area contributed by atoms with Crippen molar-refractivity contribution >= 4 is 12.0 Å². The largest absolute Gasteiger partial charge is 0.480 e. The summed E-state index contributed by atoms with van der Waals surface area (Å²) in [5.41, 5.74) is 0. The zero-order valence-corrected chi connectivity index (χ0v) is 9.43. The summed E-state index contributed by atoms with van der Waals surface area (Å²) in [7, 11) is 0. The van der Waals surface area contributed by atoms with Crippen LogP contribution in [-0.2, 0) is 4.79 Å². The van der Waals surface area contributed by atoms with Crippen molar-refractivity contribution in [1.82, 2.24) is 9.80 Å². The molecule has 2 N–H and O–H groups in total. The summed E-state index contributed by atoms with van der Waals surface area (Å²) in [6, 6.07) is -0.224. The van der Waals surface area contributed by atoms with Crippen LogP contribution in [0.3, 0.4) is 0 Å². The van der Waals surface area contributed by atoms with Crippen molar-refractivity contribution in [2.24, 2.45) is 0 Å². The Hall–Kier alpha value is -1.30. The highest BCUT2D eigenvalue weighted by molar-refractivity contribution is 5.80. The normalized spacial score (nSPS) is 14.6. The van der Waals surface area contributed by atoms with Crippen LogP contribution in [0.4, 0.5) is 4.79 Å². The van der Waals surface area contributed by atoms with Crippen LogP contribution >= 0.6 is 0 Å². The second kappa shape index (κ2) is 5.69. The molecule has 1 saturated carbocycles. The Balaban J connectivity index is 2.61. The number of amides is 2. The number of hydrogen-bond donors (Lipinski definition) is 2. The van der Waals surface area contributed by atoms with Crippen molar-refractivity contribution in [3.8, 4) is 0 Å². The molecule has 0 heterocycles. The number of hydrogen-bond acceptors (Lipinski definition) is 3. The van der Waals surface area contributed by atoms with Crippen molar-refractivity contribution in [2.45, 2.75) is 25.8 Å². The Morgan fingerprint density at radius 3 is 2.38 bits per heavy atom. The van der Waals surface area contributed by atoms with Gasteiger partial charge in [-0.25, -0.2) is 4.79 Å². The lowest BCUT2D eigenvalue weighted by atomic mass is 10.4. The van der Waals surface area contributed by atoms with Crippen molar-refractivity contribution in [3.05, 3.63) is 0 Å². The van der Waals surface area contributed by atoms with Crippen LogP contribution in [0, 0.1) is 0 Å². The molecule has 0 bridgehead atoms. The maximum absolute atomic E-state index is 12.0. The molecule has 0 aliphatic heterocycles. The van der Waals surface area contributed by atoms with Crippen molar-refractivity contribution in [1.29, 1.82) is 0 Å². The van der Waals surface area contributed by atoms with Crippen LogP contribution in [0.2, 0.25) is 0 Å². The molecule has 0 unspecified atom stereocenters. The summed E-state index contributed by atoms with van der Waals surface area (Å²) in [4.78, 5) is 25.4. The Bertz CT molecular complexity index is 266. The number of aliphatic hydroxyl groups is 1. The minimum Gasteiger partial charge on any atom is -0.480 e. The lowest BCUT2D eigenvalue weighted by molar-refractivity contribution is -0.137. The molecule has 1 rings (SSSR count). The van der Waals surface area contributed by atoms with Gasteiger partial charge in [0.15, 0.2) is 0 Å². The fourth-order valence-electron chi connectivity index (χ4n) is 1.58. The molecular weight excluding hydrogens is 212 g/mol. The summed E-state index contributed by atoms with van der Waals surface area (Å²) in [5.74, 6) is -1.000. The number of carbonyl (C=O) groups is 2. The van der Waals surface area contributed by atoms with Gasteiger partial charge < -0.3 is 20.0 Å². The average molecular weight is 230 g/mol. The minimum atomic E-state index is -1.000. The first-order chi connectivity index (χ1) is 7.60. The number of urea groups is 1. The number of aliphatic hydroxyl groups excluding tert-OH is 1. The molecular formula is C10H18N2O4. The van der Waals surface area contributed by atoms with Gasteiger partial charge in [-0.15, -0.1) is 0 Å². The Labute approximate surface area is 94.4 Å². The van der Waals surface area contributed by atoms with Gasteiger partial charge in [0.25, 0.3) is 0 Å². The third-order valence-corrected chi connectivity index (χ3v) is 2.56. The average Bonchev–Trinajstić information content (AvgIpc) is 3.05. The molecule has 0 spiro atoms. The fourth-order valence-corrected chi connectivity index (χ4v) is 1.58. The lowest BCUT2D eigenvalue weighted by Gasteiger charge is -2.28. The summed E-state index contributed by atoms with van der Waals surface area (Å²) >= 11 is 0. The first-order valence-corrected chi connectivity index (χ1v) is 5.48. The van der Waals surface area contributed by atoms with E-state index in [0.717, 1.165) is 12.8 Å². The molecule has 6 heteroatoms. The number of aliphatic carboxylic acids is 1. The first-order valence-electron chi connectivity index (χ1n) is 5.48. The maximum atomic E-state index is 12.0. The molecule has 0 saturated heterocycles. The summed E-state index contributed by atoms with van der Waals surface area (Å²) in [6.07, 6.45) is 1.74. The number of carbonyl (C=O) groups excluding carboxylic acids is 1. The van der Waals surface area contributed by atoms with E-state index in [-0.39, 0.29) is 31.8 Å². The molecule has 0 atom stereocenters. The third-order valence-electron chi connectivity index (χ3n) is 2.56. The zero-order chi connectivity index (χ0) is 12.1. The maximum Gasteiger partial charge on any atom is 0.323 e. The smallest absolute Gasteiger partial charge is 0.323 e. The Morgan fingerprint density at radius 2 is 2.00 bits per heavy atom. The van der Waals surface area contributed by atoms with E-state index in [1.165, 1.54) is 9.80 Å². The van der Waals surface area contributed by atoms with E-state index in [1.54, 1.807) is 6.92 Å². The van der Waals surface area contributed by atoms with Gasteiger partial charge in [-0.1, -0.05) is 0 Å². The summed E-state index contributed by atoms with van der Waals surface area (Å²) in [6.45, 7) is 2.16. The molecule has 2 amide bonds. The summed E-state index contributed by atoms with van der Waals surface area (Å²) in [5, 5.41) is 17.5. The number of carboxylic acids is 1. The van der Waals surface area contributed by atoms with Crippen LogP contribution in [0.15, 0.2) is 0 Å². The quantitative estimate of drug-likeness (QED) is 0.671. The van der Waals surface area contributed by atoms with Crippen LogP contribution in [0.5, 0.6) is 0 Å². The molecule has 16 heavy (non-hydrogen) atoms. The van der Waals surface area contributed by atoms with E-state index in [0.29, 0.717) is 6.54 Å². The second-order valence-electron chi connectivity index (χ2n) is 3.84. The van der Waals surface area contributed by atoms with Crippen LogP contribution in [0.25, 0.3) is 0 Å². The van der Waals surface area contributed by atoms with Gasteiger partial charge in [-0.2, -0.15) is 0 Å². The first kappa shape index (κ1) is 12.8. The predicted molar refractivity (Wildman–Crippen MR) is 57.1 cm³/mol. The van der Waals surface area contributed by atoms with Crippen molar-refractivity contribution in [3.63, 3.8) is 0 Å². The number of carboxylic acid groups (broad SMARTS) is 1. The van der Waals surface area contributed by atoms with Gasteiger partial charge in [0.1, 0.15) is 6.54 Å². The second-order valence-corrected chi connectivity index (χ2v) is 3.84. The third kappa shape index (κ3) is 3.37. The molecule has 92 valence electrons. The highest BCUT2D eigenvalue weighted by Gasteiger charge is 2.35. The minimum absolute atomic E-state index is 0.0661. The van der Waals surface area contributed by atoms with E-state index < -0.39 is 5.97 Å². The van der Waals surface area contributed by atoms with Gasteiger partial charge in [-0.05, 0) is 19.8 Å². The number of rotatable bonds is 6. The standard InChI is InChI=1S/C10H18N2O4/c1-2-11(5-6-13)10(16)12(7-9(14)15)8-3-4-8/h8,13H,2-7H2,1H3,(H,14,15). The topological polar surface area (TPSA) is 81.1 Å². The monoisotopic (exact) mass is 230 g/mol. The SMILES string of the molecule is CCN(CCO)C(=O)N(CC(=O)O)C1CC1. The molecule has 6 nitrogen and oxygen atoms in total. The van der Waals surface area contributed by atoms with Crippen LogP contribution in [-0.4, -0.2) is 64.3 Å². The molecule has 0 aromatic carbocycles. The van der Waals surface area contributed by atoms with E-state index >= 15 is 0 Å². The summed E-state index contributed by atoms with van der Waals surface area (Å²) < 4.78 is 0. The number of likely N-dealkylation sites (N-methyl/N-ethyl adjacent to an activating group) is 1. The van der Waals surface area contributed by atoms with Crippen LogP contribution < -0.4 is 0 Å². The predicted octanol–water partition coefficient (Wildman–Crippen LogP) is -0.0304. The van der Waals surface area contributed by atoms with Gasteiger partial charge in [0.2, 0.25) is 0 Å². The molecule has 0 aromatic rings. The van der Waals surface area contributed by atoms with Crippen molar-refractivity contribution in [2.75, 3.05) is 26.2 Å². The van der Waals surface area contributed by atoms with Gasteiger partial charge in [0, 0.05) is 19.1 Å². The van der Waals surface area contributed by atoms with E-state index in [2.05, 4.69) is 0 Å². The zero-order valence-electron chi connectivity index (χ0n) is 9.43. The van der Waals surface area contributed by atoms with Gasteiger partial charge in [0.05, 0.1) is 6.61 Å². The molecule has 1 aliphatic rings. The Morgan fingerprint density at radius 1 is 1.38 bits per heavy atom. The molecule has 0 aromatic heterocycles. The van der Waals surface area contributed by atoms with E-state index in [9.17, 15) is 9.59 Å². The van der Waals surface area contributed by atoms with E-state index in [4.69, 9.17) is 10.2 Å². The fraction of sp³-hybridized carbons (Fsp3) is 0.800. The number of nitrogens with zero attached hydrogens (tertiary/aromatic N) is 2. The van der Waals surface area contributed by atoms with Crippen molar-refractivity contribution < 1.29 is 19.8 Å². The highest BCUT2D eigenvalue weighted by Crippen LogP contribution is 2.27. The molecule has 1 aliphatic carbocycles. The Kier molecular flexibility index (Phi) is 4.54.